The molecule has 0 heterocycles. The fraction of sp³-hybridized carbons (Fsp3) is 0.222. The molecule has 0 aliphatic rings. The summed E-state index contributed by atoms with van der Waals surface area (Å²) in [4.78, 5) is 0. The Morgan fingerprint density at radius 1 is 1.55 bits per heavy atom. The van der Waals surface area contributed by atoms with E-state index in [2.05, 4.69) is 22.9 Å². The normalized spacial score (nSPS) is 10.6. The van der Waals surface area contributed by atoms with Gasteiger partial charge in [-0.25, -0.2) is 4.39 Å². The summed E-state index contributed by atoms with van der Waals surface area (Å²) in [6, 6.07) is 4.98. The molecule has 1 aromatic rings. The van der Waals surface area contributed by atoms with E-state index in [-0.39, 0.29) is 11.7 Å². The van der Waals surface area contributed by atoms with Gasteiger partial charge in [0.1, 0.15) is 5.82 Å². The number of halogens is 2. The largest absolute Gasteiger partial charge is 0.206 e. The molecule has 0 aliphatic carbocycles. The maximum absolute atomic E-state index is 12.9. The van der Waals surface area contributed by atoms with Crippen LogP contribution in [0.2, 0.25) is 0 Å². The summed E-state index contributed by atoms with van der Waals surface area (Å²) in [5.41, 5.74) is 0.907. The minimum absolute atomic E-state index is 0.111. The molecule has 0 saturated heterocycles. The Bertz CT molecular complexity index is 256. The molecular formula is C9H9BrF. The van der Waals surface area contributed by atoms with Gasteiger partial charge in [-0.15, -0.1) is 0 Å². The fourth-order valence-electron chi connectivity index (χ4n) is 0.901. The van der Waals surface area contributed by atoms with E-state index >= 15 is 0 Å². The first-order chi connectivity index (χ1) is 5.13. The van der Waals surface area contributed by atoms with Gasteiger partial charge in [-0.1, -0.05) is 19.1 Å². The average molecular weight is 216 g/mol. The van der Waals surface area contributed by atoms with Crippen LogP contribution >= 0.6 is 15.9 Å². The molecular weight excluding hydrogens is 207 g/mol. The fourth-order valence-corrected chi connectivity index (χ4v) is 1.56. The van der Waals surface area contributed by atoms with Crippen molar-refractivity contribution in [3.8, 4) is 0 Å². The lowest BCUT2D eigenvalue weighted by Gasteiger charge is -2.07. The van der Waals surface area contributed by atoms with Crippen LogP contribution in [0.25, 0.3) is 0 Å². The van der Waals surface area contributed by atoms with Gasteiger partial charge in [-0.3, -0.25) is 0 Å². The first kappa shape index (κ1) is 8.72. The average Bonchev–Trinajstić information content (AvgIpc) is 1.94. The molecule has 0 spiro atoms. The van der Waals surface area contributed by atoms with Crippen molar-refractivity contribution < 1.29 is 4.39 Å². The number of hydrogen-bond donors (Lipinski definition) is 0. The third kappa shape index (κ3) is 1.80. The maximum Gasteiger partial charge on any atom is 0.137 e. The van der Waals surface area contributed by atoms with Gasteiger partial charge in [-0.05, 0) is 40.4 Å². The van der Waals surface area contributed by atoms with Gasteiger partial charge in [-0.2, -0.15) is 0 Å². The molecule has 1 radical (unpaired) electrons. The lowest BCUT2D eigenvalue weighted by atomic mass is 10.0. The quantitative estimate of drug-likeness (QED) is 0.673. The Labute approximate surface area is 74.6 Å². The van der Waals surface area contributed by atoms with E-state index in [4.69, 9.17) is 0 Å². The van der Waals surface area contributed by atoms with E-state index < -0.39 is 0 Å². The molecule has 59 valence electrons. The van der Waals surface area contributed by atoms with Crippen LogP contribution in [0.3, 0.4) is 0 Å². The van der Waals surface area contributed by atoms with Gasteiger partial charge in [0.2, 0.25) is 0 Å². The first-order valence-electron chi connectivity index (χ1n) is 3.40. The topological polar surface area (TPSA) is 0 Å². The van der Waals surface area contributed by atoms with Crippen molar-refractivity contribution in [1.82, 2.24) is 0 Å². The zero-order chi connectivity index (χ0) is 8.43. The molecule has 11 heavy (non-hydrogen) atoms. The summed E-state index contributed by atoms with van der Waals surface area (Å²) in [5, 5.41) is 0. The Kier molecular flexibility index (Phi) is 2.66. The highest BCUT2D eigenvalue weighted by atomic mass is 79.9. The molecule has 0 aliphatic heterocycles. The van der Waals surface area contributed by atoms with Crippen molar-refractivity contribution in [2.24, 2.45) is 0 Å². The summed E-state index contributed by atoms with van der Waals surface area (Å²) >= 11 is 3.17. The standard InChI is InChI=1S/C9H9BrF/c1-6(2)7-4-3-5-8(11)9(7)10/h3-6H,1H2,2H3. The SMILES string of the molecule is [CH2]C(C)c1cccc(F)c1Br. The van der Waals surface area contributed by atoms with Gasteiger partial charge in [0.25, 0.3) is 0 Å². The second-order valence-electron chi connectivity index (χ2n) is 2.54. The number of hydrogen-bond acceptors (Lipinski definition) is 0. The minimum Gasteiger partial charge on any atom is -0.206 e. The Balaban J connectivity index is 3.17. The van der Waals surface area contributed by atoms with E-state index in [1.165, 1.54) is 6.07 Å². The summed E-state index contributed by atoms with van der Waals surface area (Å²) in [6.45, 7) is 5.74. The molecule has 1 aromatic carbocycles. The molecule has 0 N–H and O–H groups in total. The van der Waals surface area contributed by atoms with Crippen molar-refractivity contribution in [1.29, 1.82) is 0 Å². The highest BCUT2D eigenvalue weighted by Gasteiger charge is 2.07. The van der Waals surface area contributed by atoms with Crippen LogP contribution in [0.5, 0.6) is 0 Å². The van der Waals surface area contributed by atoms with Gasteiger partial charge < -0.3 is 0 Å². The molecule has 0 bridgehead atoms. The molecule has 0 saturated carbocycles. The van der Waals surface area contributed by atoms with Crippen molar-refractivity contribution in [2.75, 3.05) is 0 Å². The van der Waals surface area contributed by atoms with Crippen LogP contribution in [-0.4, -0.2) is 0 Å². The molecule has 0 aromatic heterocycles. The third-order valence-electron chi connectivity index (χ3n) is 1.51. The van der Waals surface area contributed by atoms with Crippen LogP contribution < -0.4 is 0 Å². The predicted molar refractivity (Wildman–Crippen MR) is 47.9 cm³/mol. The zero-order valence-electron chi connectivity index (χ0n) is 6.27. The lowest BCUT2D eigenvalue weighted by Crippen LogP contribution is -1.91. The highest BCUT2D eigenvalue weighted by Crippen LogP contribution is 2.26. The Morgan fingerprint density at radius 3 is 2.64 bits per heavy atom. The maximum atomic E-state index is 12.9. The Morgan fingerprint density at radius 2 is 2.18 bits per heavy atom. The lowest BCUT2D eigenvalue weighted by molar-refractivity contribution is 0.617. The second-order valence-corrected chi connectivity index (χ2v) is 3.34. The first-order valence-corrected chi connectivity index (χ1v) is 4.19. The monoisotopic (exact) mass is 215 g/mol. The molecule has 1 unspecified atom stereocenters. The summed E-state index contributed by atoms with van der Waals surface area (Å²) < 4.78 is 13.4. The van der Waals surface area contributed by atoms with Gasteiger partial charge in [0, 0.05) is 0 Å². The van der Waals surface area contributed by atoms with E-state index in [0.717, 1.165) is 5.56 Å². The van der Waals surface area contributed by atoms with Crippen LogP contribution in [0.1, 0.15) is 18.4 Å². The zero-order valence-corrected chi connectivity index (χ0v) is 7.86. The van der Waals surface area contributed by atoms with Crippen LogP contribution in [0, 0.1) is 12.7 Å². The van der Waals surface area contributed by atoms with Gasteiger partial charge in [0.05, 0.1) is 4.47 Å². The van der Waals surface area contributed by atoms with Crippen molar-refractivity contribution in [2.45, 2.75) is 12.8 Å². The van der Waals surface area contributed by atoms with Crippen molar-refractivity contribution in [3.05, 3.63) is 41.0 Å². The smallest absolute Gasteiger partial charge is 0.137 e. The highest BCUT2D eigenvalue weighted by molar-refractivity contribution is 9.10. The molecule has 2 heteroatoms. The summed E-state index contributed by atoms with van der Waals surface area (Å²) in [6.07, 6.45) is 0. The molecule has 1 rings (SSSR count). The Hall–Kier alpha value is -0.370. The van der Waals surface area contributed by atoms with E-state index in [0.29, 0.717) is 4.47 Å². The number of benzene rings is 1. The van der Waals surface area contributed by atoms with Gasteiger partial charge in [0.15, 0.2) is 0 Å². The van der Waals surface area contributed by atoms with Gasteiger partial charge >= 0.3 is 0 Å². The van der Waals surface area contributed by atoms with Crippen LogP contribution in [-0.2, 0) is 0 Å². The minimum atomic E-state index is -0.224. The predicted octanol–water partition coefficient (Wildman–Crippen LogP) is 3.53. The molecule has 1 atom stereocenters. The summed E-state index contributed by atoms with van der Waals surface area (Å²) in [7, 11) is 0. The van der Waals surface area contributed by atoms with Crippen LogP contribution in [0.4, 0.5) is 4.39 Å². The molecule has 0 fully saturated rings. The summed E-state index contributed by atoms with van der Waals surface area (Å²) in [5.74, 6) is -0.113. The van der Waals surface area contributed by atoms with Crippen molar-refractivity contribution in [3.63, 3.8) is 0 Å². The second kappa shape index (κ2) is 3.35. The molecule has 0 nitrogen and oxygen atoms in total. The van der Waals surface area contributed by atoms with E-state index in [9.17, 15) is 4.39 Å². The van der Waals surface area contributed by atoms with E-state index in [1.54, 1.807) is 6.07 Å². The number of rotatable bonds is 1. The van der Waals surface area contributed by atoms with Crippen molar-refractivity contribution >= 4 is 15.9 Å². The third-order valence-corrected chi connectivity index (χ3v) is 2.35. The van der Waals surface area contributed by atoms with Crippen LogP contribution in [0.15, 0.2) is 22.7 Å². The molecule has 0 amide bonds. The van der Waals surface area contributed by atoms with E-state index in [1.807, 2.05) is 13.0 Å².